The number of rotatable bonds is 7. The molecule has 1 aliphatic rings. The fraction of sp³-hybridized carbons (Fsp3) is 0.857. The lowest BCUT2D eigenvalue weighted by atomic mass is 9.93. The number of nitrogens with two attached hydrogens (primary N) is 1. The van der Waals surface area contributed by atoms with Gasteiger partial charge in [-0.1, -0.05) is 12.5 Å². The van der Waals surface area contributed by atoms with E-state index in [4.69, 9.17) is 5.73 Å². The van der Waals surface area contributed by atoms with Crippen LogP contribution in [0.4, 0.5) is 0 Å². The first-order valence-electron chi connectivity index (χ1n) is 6.83. The Labute approximate surface area is 101 Å². The molecule has 0 aromatic carbocycles. The van der Waals surface area contributed by atoms with Crippen LogP contribution >= 0.6 is 0 Å². The minimum Gasteiger partial charge on any atom is -0.330 e. The average molecular weight is 224 g/mol. The van der Waals surface area contributed by atoms with Gasteiger partial charge in [-0.05, 0) is 58.0 Å². The number of likely N-dealkylation sites (tertiary alicyclic amines) is 1. The van der Waals surface area contributed by atoms with Crippen molar-refractivity contribution in [1.82, 2.24) is 4.90 Å². The highest BCUT2D eigenvalue weighted by Gasteiger charge is 2.23. The number of allylic oxidation sites excluding steroid dienone is 1. The number of piperidine rings is 1. The SMILES string of the molecule is C=CCCCCCN1CC(CN)CCC1C. The fourth-order valence-corrected chi connectivity index (χ4v) is 2.55. The monoisotopic (exact) mass is 224 g/mol. The van der Waals surface area contributed by atoms with Crippen LogP contribution in [0.3, 0.4) is 0 Å². The standard InChI is InChI=1S/C14H28N2/c1-3-4-5-6-7-10-16-12-14(11-15)9-8-13(16)2/h3,13-14H,1,4-12,15H2,2H3. The van der Waals surface area contributed by atoms with E-state index in [1.807, 2.05) is 6.08 Å². The minimum absolute atomic E-state index is 0.740. The number of hydrogen-bond acceptors (Lipinski definition) is 2. The first-order valence-corrected chi connectivity index (χ1v) is 6.83. The zero-order valence-corrected chi connectivity index (χ0v) is 10.8. The molecule has 2 heteroatoms. The third kappa shape index (κ3) is 4.67. The van der Waals surface area contributed by atoms with Gasteiger partial charge in [-0.15, -0.1) is 6.58 Å². The molecule has 1 fully saturated rings. The summed E-state index contributed by atoms with van der Waals surface area (Å²) < 4.78 is 0. The summed E-state index contributed by atoms with van der Waals surface area (Å²) in [5, 5.41) is 0. The summed E-state index contributed by atoms with van der Waals surface area (Å²) in [5.74, 6) is 0.740. The van der Waals surface area contributed by atoms with E-state index in [0.29, 0.717) is 0 Å². The molecule has 0 aromatic rings. The van der Waals surface area contributed by atoms with Gasteiger partial charge < -0.3 is 10.6 Å². The van der Waals surface area contributed by atoms with Crippen LogP contribution < -0.4 is 5.73 Å². The predicted molar refractivity (Wildman–Crippen MR) is 71.5 cm³/mol. The first-order chi connectivity index (χ1) is 7.77. The third-order valence-corrected chi connectivity index (χ3v) is 3.80. The van der Waals surface area contributed by atoms with Crippen LogP contribution in [0.1, 0.15) is 45.4 Å². The van der Waals surface area contributed by atoms with Crippen molar-refractivity contribution in [3.05, 3.63) is 12.7 Å². The van der Waals surface area contributed by atoms with E-state index in [1.54, 1.807) is 0 Å². The van der Waals surface area contributed by atoms with Crippen molar-refractivity contribution >= 4 is 0 Å². The highest BCUT2D eigenvalue weighted by Crippen LogP contribution is 2.21. The molecule has 0 saturated carbocycles. The first kappa shape index (κ1) is 13.7. The summed E-state index contributed by atoms with van der Waals surface area (Å²) in [6.45, 7) is 9.46. The molecule has 1 aliphatic heterocycles. The molecule has 1 rings (SSSR count). The van der Waals surface area contributed by atoms with Gasteiger partial charge in [0.2, 0.25) is 0 Å². The normalized spacial score (nSPS) is 26.9. The van der Waals surface area contributed by atoms with Crippen LogP contribution in [-0.2, 0) is 0 Å². The summed E-state index contributed by atoms with van der Waals surface area (Å²) in [5.41, 5.74) is 5.77. The Morgan fingerprint density at radius 3 is 2.81 bits per heavy atom. The molecular formula is C14H28N2. The highest BCUT2D eigenvalue weighted by atomic mass is 15.2. The van der Waals surface area contributed by atoms with Gasteiger partial charge in [0.25, 0.3) is 0 Å². The zero-order chi connectivity index (χ0) is 11.8. The van der Waals surface area contributed by atoms with Crippen LogP contribution in [0.5, 0.6) is 0 Å². The van der Waals surface area contributed by atoms with Crippen LogP contribution in [0.2, 0.25) is 0 Å². The van der Waals surface area contributed by atoms with Crippen molar-refractivity contribution in [2.24, 2.45) is 11.7 Å². The molecule has 2 atom stereocenters. The summed E-state index contributed by atoms with van der Waals surface area (Å²) in [6, 6.07) is 0.766. The molecule has 94 valence electrons. The van der Waals surface area contributed by atoms with E-state index in [9.17, 15) is 0 Å². The molecule has 0 spiro atoms. The summed E-state index contributed by atoms with van der Waals surface area (Å²) in [7, 11) is 0. The van der Waals surface area contributed by atoms with E-state index in [0.717, 1.165) is 18.5 Å². The van der Waals surface area contributed by atoms with Crippen molar-refractivity contribution in [1.29, 1.82) is 0 Å². The Morgan fingerprint density at radius 2 is 2.12 bits per heavy atom. The molecule has 2 N–H and O–H groups in total. The summed E-state index contributed by atoms with van der Waals surface area (Å²) >= 11 is 0. The van der Waals surface area contributed by atoms with Crippen molar-refractivity contribution in [3.63, 3.8) is 0 Å². The van der Waals surface area contributed by atoms with Crippen molar-refractivity contribution in [3.8, 4) is 0 Å². The van der Waals surface area contributed by atoms with Gasteiger partial charge in [-0.3, -0.25) is 0 Å². The minimum atomic E-state index is 0.740. The molecule has 0 amide bonds. The largest absolute Gasteiger partial charge is 0.330 e. The molecular weight excluding hydrogens is 196 g/mol. The Balaban J connectivity index is 2.15. The zero-order valence-electron chi connectivity index (χ0n) is 10.8. The van der Waals surface area contributed by atoms with Gasteiger partial charge in [0.05, 0.1) is 0 Å². The maximum Gasteiger partial charge on any atom is 0.00671 e. The summed E-state index contributed by atoms with van der Waals surface area (Å²) in [6.07, 6.45) is 9.80. The lowest BCUT2D eigenvalue weighted by molar-refractivity contribution is 0.118. The van der Waals surface area contributed by atoms with Gasteiger partial charge in [0.15, 0.2) is 0 Å². The fourth-order valence-electron chi connectivity index (χ4n) is 2.55. The maximum absolute atomic E-state index is 5.77. The maximum atomic E-state index is 5.77. The molecule has 0 aromatic heterocycles. The molecule has 0 aliphatic carbocycles. The van der Waals surface area contributed by atoms with E-state index in [2.05, 4.69) is 18.4 Å². The van der Waals surface area contributed by atoms with Gasteiger partial charge in [-0.25, -0.2) is 0 Å². The van der Waals surface area contributed by atoms with E-state index < -0.39 is 0 Å². The number of nitrogens with zero attached hydrogens (tertiary/aromatic N) is 1. The van der Waals surface area contributed by atoms with E-state index >= 15 is 0 Å². The molecule has 2 unspecified atom stereocenters. The van der Waals surface area contributed by atoms with Gasteiger partial charge in [-0.2, -0.15) is 0 Å². The van der Waals surface area contributed by atoms with E-state index in [-0.39, 0.29) is 0 Å². The number of hydrogen-bond donors (Lipinski definition) is 1. The van der Waals surface area contributed by atoms with Gasteiger partial charge in [0, 0.05) is 12.6 Å². The van der Waals surface area contributed by atoms with Gasteiger partial charge in [0.1, 0.15) is 0 Å². The predicted octanol–water partition coefficient (Wildman–Crippen LogP) is 2.79. The van der Waals surface area contributed by atoms with Crippen molar-refractivity contribution in [2.45, 2.75) is 51.5 Å². The van der Waals surface area contributed by atoms with Crippen LogP contribution in [0.15, 0.2) is 12.7 Å². The molecule has 1 heterocycles. The van der Waals surface area contributed by atoms with Crippen LogP contribution in [0.25, 0.3) is 0 Å². The Morgan fingerprint density at radius 1 is 1.31 bits per heavy atom. The Bertz CT molecular complexity index is 191. The lowest BCUT2D eigenvalue weighted by Crippen LogP contribution is -2.44. The van der Waals surface area contributed by atoms with Gasteiger partial charge >= 0.3 is 0 Å². The quantitative estimate of drug-likeness (QED) is 0.532. The Kier molecular flexibility index (Phi) is 6.74. The van der Waals surface area contributed by atoms with Crippen molar-refractivity contribution in [2.75, 3.05) is 19.6 Å². The molecule has 2 nitrogen and oxygen atoms in total. The average Bonchev–Trinajstić information content (AvgIpc) is 2.31. The number of unbranched alkanes of at least 4 members (excludes halogenated alkanes) is 3. The summed E-state index contributed by atoms with van der Waals surface area (Å²) in [4.78, 5) is 2.63. The van der Waals surface area contributed by atoms with Crippen LogP contribution in [0, 0.1) is 5.92 Å². The molecule has 0 radical (unpaired) electrons. The highest BCUT2D eigenvalue weighted by molar-refractivity contribution is 4.79. The van der Waals surface area contributed by atoms with Crippen molar-refractivity contribution < 1.29 is 0 Å². The molecule has 0 bridgehead atoms. The third-order valence-electron chi connectivity index (χ3n) is 3.80. The molecule has 1 saturated heterocycles. The topological polar surface area (TPSA) is 29.3 Å². The van der Waals surface area contributed by atoms with E-state index in [1.165, 1.54) is 51.6 Å². The Hall–Kier alpha value is -0.340. The lowest BCUT2D eigenvalue weighted by Gasteiger charge is -2.37. The second kappa shape index (κ2) is 7.86. The smallest absolute Gasteiger partial charge is 0.00671 e. The van der Waals surface area contributed by atoms with Crippen LogP contribution in [-0.4, -0.2) is 30.6 Å². The second-order valence-corrected chi connectivity index (χ2v) is 5.16. The second-order valence-electron chi connectivity index (χ2n) is 5.16. The molecule has 16 heavy (non-hydrogen) atoms.